The third kappa shape index (κ3) is 2.88. The fraction of sp³-hybridized carbons (Fsp3) is 0.267. The second-order valence-electron chi connectivity index (χ2n) is 5.63. The molecular formula is C15H14BrFN4OS. The van der Waals surface area contributed by atoms with E-state index in [2.05, 4.69) is 26.2 Å². The molecule has 23 heavy (non-hydrogen) atoms. The molecule has 1 saturated heterocycles. The first-order valence-electron chi connectivity index (χ1n) is 6.84. The molecule has 2 aromatic rings. The number of aromatic nitrogens is 1. The number of guanidine groups is 1. The Kier molecular flexibility index (Phi) is 3.97. The van der Waals surface area contributed by atoms with Crippen LogP contribution in [0.25, 0.3) is 11.1 Å². The molecule has 2 N–H and O–H groups in total. The molecule has 0 unspecified atom stereocenters. The minimum absolute atomic E-state index is 0.0639. The molecule has 2 aromatic heterocycles. The Morgan fingerprint density at radius 2 is 2.26 bits per heavy atom. The number of rotatable bonds is 2. The number of carbonyl (C=O) groups excluding carboxylic acids is 1. The van der Waals surface area contributed by atoms with Crippen molar-refractivity contribution in [1.29, 1.82) is 5.41 Å². The maximum atomic E-state index is 13.9. The summed E-state index contributed by atoms with van der Waals surface area (Å²) in [6.07, 6.45) is 1.65. The van der Waals surface area contributed by atoms with Crippen LogP contribution in [-0.2, 0) is 10.3 Å². The molecule has 8 heteroatoms. The first kappa shape index (κ1) is 16.1. The molecule has 120 valence electrons. The lowest BCUT2D eigenvalue weighted by Crippen LogP contribution is -2.57. The van der Waals surface area contributed by atoms with Gasteiger partial charge in [0, 0.05) is 28.2 Å². The predicted octanol–water partition coefficient (Wildman–Crippen LogP) is 3.31. The van der Waals surface area contributed by atoms with Gasteiger partial charge in [-0.1, -0.05) is 0 Å². The van der Waals surface area contributed by atoms with Crippen LogP contribution < -0.4 is 5.32 Å². The molecule has 0 aromatic carbocycles. The summed E-state index contributed by atoms with van der Waals surface area (Å²) in [6, 6.07) is 3.52. The summed E-state index contributed by atoms with van der Waals surface area (Å²) in [6.45, 7) is 1.87. The van der Waals surface area contributed by atoms with Crippen LogP contribution in [0.1, 0.15) is 18.2 Å². The van der Waals surface area contributed by atoms with Crippen LogP contribution in [-0.4, -0.2) is 28.8 Å². The monoisotopic (exact) mass is 396 g/mol. The third-order valence-corrected chi connectivity index (χ3v) is 5.50. The quantitative estimate of drug-likeness (QED) is 0.764. The molecule has 1 amide bonds. The van der Waals surface area contributed by atoms with Gasteiger partial charge >= 0.3 is 0 Å². The molecule has 3 rings (SSSR count). The highest BCUT2D eigenvalue weighted by molar-refractivity contribution is 9.10. The number of nitrogens with one attached hydrogen (secondary N) is 2. The van der Waals surface area contributed by atoms with Gasteiger partial charge in [-0.2, -0.15) is 4.39 Å². The Hall–Kier alpha value is -1.80. The molecule has 0 spiro atoms. The van der Waals surface area contributed by atoms with Gasteiger partial charge in [0.15, 0.2) is 5.96 Å². The molecule has 1 atom stereocenters. The number of pyridine rings is 1. The molecule has 1 fully saturated rings. The topological polar surface area (TPSA) is 69.1 Å². The van der Waals surface area contributed by atoms with Crippen molar-refractivity contribution in [2.45, 2.75) is 18.9 Å². The van der Waals surface area contributed by atoms with E-state index in [1.165, 1.54) is 22.4 Å². The smallest absolute Gasteiger partial charge is 0.231 e. The number of amides is 1. The number of halogens is 2. The van der Waals surface area contributed by atoms with Gasteiger partial charge in [-0.05, 0) is 45.9 Å². The normalized spacial score (nSPS) is 21.5. The van der Waals surface area contributed by atoms with Gasteiger partial charge in [0.1, 0.15) is 0 Å². The second-order valence-corrected chi connectivity index (χ2v) is 7.45. The van der Waals surface area contributed by atoms with E-state index in [9.17, 15) is 9.18 Å². The van der Waals surface area contributed by atoms with Gasteiger partial charge in [-0.15, -0.1) is 11.3 Å². The largest absolute Gasteiger partial charge is 0.345 e. The molecule has 0 bridgehead atoms. The Balaban J connectivity index is 1.97. The van der Waals surface area contributed by atoms with E-state index in [1.54, 1.807) is 13.1 Å². The number of nitrogens with zero attached hydrogens (tertiary/aromatic N) is 2. The summed E-state index contributed by atoms with van der Waals surface area (Å²) in [7, 11) is 1.57. The summed E-state index contributed by atoms with van der Waals surface area (Å²) < 4.78 is 14.6. The zero-order valence-corrected chi connectivity index (χ0v) is 14.9. The lowest BCUT2D eigenvalue weighted by molar-refractivity contribution is -0.129. The van der Waals surface area contributed by atoms with Gasteiger partial charge < -0.3 is 5.32 Å². The minimum atomic E-state index is -0.667. The zero-order chi connectivity index (χ0) is 16.8. The number of thiophene rings is 1. The molecule has 0 aliphatic carbocycles. The summed E-state index contributed by atoms with van der Waals surface area (Å²) in [5.41, 5.74) is 0.441. The van der Waals surface area contributed by atoms with Crippen LogP contribution >= 0.6 is 27.3 Å². The SMILES string of the molecule is CN1C(=N)N[C@](C)(c2cc(-c3cc(Br)cnc3F)cs2)CC1=O. The molecule has 3 heterocycles. The number of carbonyl (C=O) groups is 1. The maximum absolute atomic E-state index is 13.9. The Bertz CT molecular complexity index is 789. The van der Waals surface area contributed by atoms with Crippen molar-refractivity contribution in [3.63, 3.8) is 0 Å². The summed E-state index contributed by atoms with van der Waals surface area (Å²) >= 11 is 4.72. The first-order chi connectivity index (χ1) is 10.8. The van der Waals surface area contributed by atoms with Crippen LogP contribution in [0.15, 0.2) is 28.2 Å². The van der Waals surface area contributed by atoms with E-state index < -0.39 is 11.5 Å². The molecule has 1 aliphatic heterocycles. The van der Waals surface area contributed by atoms with Crippen molar-refractivity contribution in [1.82, 2.24) is 15.2 Å². The lowest BCUT2D eigenvalue weighted by Gasteiger charge is -2.38. The standard InChI is InChI=1S/C15H14BrFN4OS/c1-15(5-12(22)21(2)14(18)20-15)11-3-8(7-23-11)10-4-9(16)6-19-13(10)17/h3-4,6-7H,5H2,1-2H3,(H2,18,20)/t15-/m0/s1. The average molecular weight is 397 g/mol. The van der Waals surface area contributed by atoms with E-state index in [-0.39, 0.29) is 18.3 Å². The fourth-order valence-electron chi connectivity index (χ4n) is 2.48. The summed E-state index contributed by atoms with van der Waals surface area (Å²) in [5.74, 6) is -0.599. The van der Waals surface area contributed by atoms with Crippen molar-refractivity contribution in [3.05, 3.63) is 39.0 Å². The van der Waals surface area contributed by atoms with Crippen molar-refractivity contribution in [2.75, 3.05) is 7.05 Å². The van der Waals surface area contributed by atoms with E-state index in [0.29, 0.717) is 15.6 Å². The van der Waals surface area contributed by atoms with Crippen molar-refractivity contribution < 1.29 is 9.18 Å². The first-order valence-corrected chi connectivity index (χ1v) is 8.51. The average Bonchev–Trinajstić information content (AvgIpc) is 2.98. The van der Waals surface area contributed by atoms with Crippen LogP contribution in [0.4, 0.5) is 4.39 Å². The van der Waals surface area contributed by atoms with Crippen LogP contribution in [0.2, 0.25) is 0 Å². The van der Waals surface area contributed by atoms with Gasteiger partial charge in [0.2, 0.25) is 11.9 Å². The Morgan fingerprint density at radius 3 is 2.96 bits per heavy atom. The van der Waals surface area contributed by atoms with Crippen LogP contribution in [0.5, 0.6) is 0 Å². The zero-order valence-electron chi connectivity index (χ0n) is 12.5. The van der Waals surface area contributed by atoms with Crippen LogP contribution in [0.3, 0.4) is 0 Å². The minimum Gasteiger partial charge on any atom is -0.345 e. The molecule has 1 aliphatic rings. The summed E-state index contributed by atoms with van der Waals surface area (Å²) in [5, 5.41) is 12.8. The van der Waals surface area contributed by atoms with Crippen LogP contribution in [0, 0.1) is 11.4 Å². The van der Waals surface area contributed by atoms with E-state index in [4.69, 9.17) is 5.41 Å². The highest BCUT2D eigenvalue weighted by Crippen LogP contribution is 2.37. The molecule has 5 nitrogen and oxygen atoms in total. The van der Waals surface area contributed by atoms with Gasteiger partial charge in [-0.25, -0.2) is 4.98 Å². The molecule has 0 radical (unpaired) electrons. The maximum Gasteiger partial charge on any atom is 0.231 e. The predicted molar refractivity (Wildman–Crippen MR) is 90.8 cm³/mol. The van der Waals surface area contributed by atoms with Gasteiger partial charge in [0.05, 0.1) is 12.0 Å². The van der Waals surface area contributed by atoms with Crippen molar-refractivity contribution in [2.24, 2.45) is 0 Å². The highest BCUT2D eigenvalue weighted by atomic mass is 79.9. The molecule has 0 saturated carbocycles. The third-order valence-electron chi connectivity index (χ3n) is 3.87. The van der Waals surface area contributed by atoms with Gasteiger partial charge in [0.25, 0.3) is 0 Å². The lowest BCUT2D eigenvalue weighted by atomic mass is 9.92. The fourth-order valence-corrected chi connectivity index (χ4v) is 3.83. The molecular weight excluding hydrogens is 383 g/mol. The Morgan fingerprint density at radius 1 is 1.52 bits per heavy atom. The van der Waals surface area contributed by atoms with Crippen molar-refractivity contribution in [3.8, 4) is 11.1 Å². The highest BCUT2D eigenvalue weighted by Gasteiger charge is 2.39. The number of hydrogen-bond donors (Lipinski definition) is 2. The van der Waals surface area contributed by atoms with Gasteiger partial charge in [-0.3, -0.25) is 15.1 Å². The number of hydrogen-bond acceptors (Lipinski definition) is 4. The van der Waals surface area contributed by atoms with E-state index in [0.717, 1.165) is 4.88 Å². The summed E-state index contributed by atoms with van der Waals surface area (Å²) in [4.78, 5) is 17.9. The van der Waals surface area contributed by atoms with E-state index >= 15 is 0 Å². The van der Waals surface area contributed by atoms with Crippen molar-refractivity contribution >= 4 is 39.1 Å². The Labute approximate surface area is 145 Å². The van der Waals surface area contributed by atoms with E-state index in [1.807, 2.05) is 18.4 Å². The second kappa shape index (κ2) is 5.68.